The molecule has 94 valence electrons. The van der Waals surface area contributed by atoms with Gasteiger partial charge >= 0.3 is 11.4 Å². The maximum Gasteiger partial charge on any atom is 0.378 e. The van der Waals surface area contributed by atoms with Crippen LogP contribution < -0.4 is 11.5 Å². The van der Waals surface area contributed by atoms with Gasteiger partial charge in [0.2, 0.25) is 0 Å². The maximum absolute atomic E-state index is 12.3. The van der Waals surface area contributed by atoms with Crippen molar-refractivity contribution in [1.29, 1.82) is 0 Å². The second kappa shape index (κ2) is 6.59. The van der Waals surface area contributed by atoms with Gasteiger partial charge < -0.3 is 16.6 Å². The van der Waals surface area contributed by atoms with Crippen LogP contribution in [0.5, 0.6) is 0 Å². The molecular formula is C8H14ClF2N3O2. The Hall–Kier alpha value is -0.950. The van der Waals surface area contributed by atoms with Gasteiger partial charge in [-0.2, -0.15) is 8.78 Å². The number of amidine groups is 1. The molecule has 0 bridgehead atoms. The number of unbranched alkanes of at least 4 members (excludes halogenated alkanes) is 1. The van der Waals surface area contributed by atoms with E-state index in [1.54, 1.807) is 0 Å². The van der Waals surface area contributed by atoms with Crippen LogP contribution in [0.4, 0.5) is 8.78 Å². The molecule has 5 N–H and O–H groups in total. The molecule has 5 nitrogen and oxygen atoms in total. The zero-order valence-electron chi connectivity index (χ0n) is 8.50. The Kier molecular flexibility index (Phi) is 6.20. The summed E-state index contributed by atoms with van der Waals surface area (Å²) in [5.74, 6) is -2.02. The number of carboxylic acid groups (broad SMARTS) is 1. The Labute approximate surface area is 96.5 Å². The summed E-state index contributed by atoms with van der Waals surface area (Å²) in [6, 6.07) is -0.934. The molecule has 0 spiro atoms. The van der Waals surface area contributed by atoms with Gasteiger partial charge in [-0.15, -0.1) is 0 Å². The number of carbonyl (C=O) groups is 1. The van der Waals surface area contributed by atoms with E-state index in [9.17, 15) is 13.6 Å². The Morgan fingerprint density at radius 2 is 2.06 bits per heavy atom. The van der Waals surface area contributed by atoms with Crippen molar-refractivity contribution in [3.63, 3.8) is 0 Å². The molecule has 0 aromatic carbocycles. The molecule has 16 heavy (non-hydrogen) atoms. The summed E-state index contributed by atoms with van der Waals surface area (Å²) >= 11 is 4.60. The third-order valence-corrected chi connectivity index (χ3v) is 2.01. The summed E-state index contributed by atoms with van der Waals surface area (Å²) in [5, 5.41) is 4.82. The van der Waals surface area contributed by atoms with Crippen molar-refractivity contribution in [3.8, 4) is 0 Å². The molecule has 0 radical (unpaired) electrons. The molecule has 0 aromatic heterocycles. The highest BCUT2D eigenvalue weighted by Crippen LogP contribution is 2.18. The predicted molar refractivity (Wildman–Crippen MR) is 56.8 cm³/mol. The molecule has 0 aliphatic carbocycles. The fraction of sp³-hybridized carbons (Fsp3) is 0.750. The largest absolute Gasteiger partial charge is 0.480 e. The fourth-order valence-corrected chi connectivity index (χ4v) is 0.948. The first-order valence-corrected chi connectivity index (χ1v) is 4.98. The number of aliphatic carboxylic acids is 1. The number of hydrogen-bond donors (Lipinski definition) is 3. The monoisotopic (exact) mass is 257 g/mol. The summed E-state index contributed by atoms with van der Waals surface area (Å²) < 4.78 is 24.5. The van der Waals surface area contributed by atoms with E-state index >= 15 is 0 Å². The van der Waals surface area contributed by atoms with E-state index in [0.29, 0.717) is 12.8 Å². The van der Waals surface area contributed by atoms with Gasteiger partial charge in [-0.25, -0.2) is 0 Å². The molecule has 0 amide bonds. The van der Waals surface area contributed by atoms with E-state index < -0.39 is 23.2 Å². The van der Waals surface area contributed by atoms with Crippen molar-refractivity contribution in [2.24, 2.45) is 16.5 Å². The number of nitrogens with zero attached hydrogens (tertiary/aromatic N) is 1. The summed E-state index contributed by atoms with van der Waals surface area (Å²) in [6.45, 7) is 0.0699. The Morgan fingerprint density at radius 3 is 2.50 bits per heavy atom. The van der Waals surface area contributed by atoms with Crippen LogP contribution in [0.3, 0.4) is 0 Å². The molecule has 0 aromatic rings. The summed E-state index contributed by atoms with van der Waals surface area (Å²) in [5.41, 5.74) is 10.1. The van der Waals surface area contributed by atoms with Gasteiger partial charge in [0.1, 0.15) is 6.04 Å². The summed E-state index contributed by atoms with van der Waals surface area (Å²) in [7, 11) is 0. The number of alkyl halides is 3. The lowest BCUT2D eigenvalue weighted by Crippen LogP contribution is -2.31. The molecule has 0 heterocycles. The molecular weight excluding hydrogens is 244 g/mol. The number of nitrogens with two attached hydrogens (primary N) is 2. The molecule has 0 unspecified atom stereocenters. The SMILES string of the molecule is NC(=NCCCC[C@H](N)C(=O)O)C(F)(F)Cl. The van der Waals surface area contributed by atoms with E-state index in [1.807, 2.05) is 0 Å². The molecule has 0 saturated carbocycles. The van der Waals surface area contributed by atoms with E-state index in [4.69, 9.17) is 16.6 Å². The first kappa shape index (κ1) is 15.0. The van der Waals surface area contributed by atoms with Crippen molar-refractivity contribution < 1.29 is 18.7 Å². The Bertz CT molecular complexity index is 268. The number of rotatable bonds is 7. The maximum atomic E-state index is 12.3. The van der Waals surface area contributed by atoms with Crippen molar-refractivity contribution in [1.82, 2.24) is 0 Å². The standard InChI is InChI=1S/C8H14ClF2N3O2/c9-8(10,11)7(13)14-4-2-1-3-5(12)6(15)16/h5H,1-4,12H2,(H2,13,14)(H,15,16)/t5-/m0/s1. The van der Waals surface area contributed by atoms with Crippen LogP contribution >= 0.6 is 11.6 Å². The molecule has 0 aliphatic rings. The van der Waals surface area contributed by atoms with Gasteiger partial charge in [-0.3, -0.25) is 9.79 Å². The van der Waals surface area contributed by atoms with Crippen LogP contribution in [0.2, 0.25) is 0 Å². The zero-order valence-corrected chi connectivity index (χ0v) is 9.25. The average molecular weight is 258 g/mol. The minimum atomic E-state index is -3.63. The fourth-order valence-electron chi connectivity index (χ4n) is 0.889. The van der Waals surface area contributed by atoms with E-state index in [1.165, 1.54) is 0 Å². The van der Waals surface area contributed by atoms with Gasteiger partial charge in [-0.05, 0) is 30.9 Å². The number of hydrogen-bond acceptors (Lipinski definition) is 3. The van der Waals surface area contributed by atoms with Crippen LogP contribution in [-0.4, -0.2) is 34.9 Å². The quantitative estimate of drug-likeness (QED) is 0.271. The molecule has 0 rings (SSSR count). The number of aliphatic imine (C=N–C) groups is 1. The Balaban J connectivity index is 3.73. The van der Waals surface area contributed by atoms with E-state index in [0.717, 1.165) is 0 Å². The molecule has 0 aliphatic heterocycles. The van der Waals surface area contributed by atoms with Crippen LogP contribution in [0.1, 0.15) is 19.3 Å². The van der Waals surface area contributed by atoms with Gasteiger partial charge in [0.15, 0.2) is 5.84 Å². The summed E-state index contributed by atoms with van der Waals surface area (Å²) in [6.07, 6.45) is 1.16. The van der Waals surface area contributed by atoms with E-state index in [2.05, 4.69) is 16.6 Å². The second-order valence-corrected chi connectivity index (χ2v) is 3.68. The van der Waals surface area contributed by atoms with Crippen LogP contribution in [0, 0.1) is 0 Å². The minimum absolute atomic E-state index is 0.0699. The molecule has 0 fully saturated rings. The van der Waals surface area contributed by atoms with Gasteiger partial charge in [0, 0.05) is 6.54 Å². The smallest absolute Gasteiger partial charge is 0.378 e. The minimum Gasteiger partial charge on any atom is -0.480 e. The van der Waals surface area contributed by atoms with Crippen LogP contribution in [0.15, 0.2) is 4.99 Å². The van der Waals surface area contributed by atoms with Crippen LogP contribution in [0.25, 0.3) is 0 Å². The first-order chi connectivity index (χ1) is 7.25. The lowest BCUT2D eigenvalue weighted by Gasteiger charge is -2.07. The van der Waals surface area contributed by atoms with Crippen LogP contribution in [-0.2, 0) is 4.79 Å². The predicted octanol–water partition coefficient (Wildman–Crippen LogP) is 0.757. The van der Waals surface area contributed by atoms with Gasteiger partial charge in [-0.1, -0.05) is 0 Å². The van der Waals surface area contributed by atoms with Crippen molar-refractivity contribution in [2.75, 3.05) is 6.54 Å². The van der Waals surface area contributed by atoms with Crippen molar-refractivity contribution in [3.05, 3.63) is 0 Å². The highest BCUT2D eigenvalue weighted by molar-refractivity contribution is 6.32. The van der Waals surface area contributed by atoms with Crippen molar-refractivity contribution >= 4 is 23.4 Å². The topological polar surface area (TPSA) is 102 Å². The highest BCUT2D eigenvalue weighted by Gasteiger charge is 2.30. The lowest BCUT2D eigenvalue weighted by molar-refractivity contribution is -0.138. The van der Waals surface area contributed by atoms with Gasteiger partial charge in [0.25, 0.3) is 0 Å². The molecule has 1 atom stereocenters. The number of halogens is 3. The Morgan fingerprint density at radius 1 is 1.50 bits per heavy atom. The zero-order chi connectivity index (χ0) is 12.8. The van der Waals surface area contributed by atoms with E-state index in [-0.39, 0.29) is 13.0 Å². The third-order valence-electron chi connectivity index (χ3n) is 1.81. The second-order valence-electron chi connectivity index (χ2n) is 3.21. The van der Waals surface area contributed by atoms with Gasteiger partial charge in [0.05, 0.1) is 0 Å². The molecule has 0 saturated heterocycles. The first-order valence-electron chi connectivity index (χ1n) is 4.60. The molecule has 8 heteroatoms. The lowest BCUT2D eigenvalue weighted by atomic mass is 10.1. The number of carboxylic acids is 1. The third kappa shape index (κ3) is 6.52. The highest BCUT2D eigenvalue weighted by atomic mass is 35.5. The normalized spacial score (nSPS) is 14.9. The van der Waals surface area contributed by atoms with Crippen molar-refractivity contribution in [2.45, 2.75) is 30.7 Å². The summed E-state index contributed by atoms with van der Waals surface area (Å²) in [4.78, 5) is 13.7. The average Bonchev–Trinajstić information content (AvgIpc) is 2.14.